The first-order valence-corrected chi connectivity index (χ1v) is 8.00. The molecule has 0 N–H and O–H groups in total. The van der Waals surface area contributed by atoms with Crippen molar-refractivity contribution in [1.82, 2.24) is 0 Å². The van der Waals surface area contributed by atoms with Gasteiger partial charge in [0.15, 0.2) is 21.7 Å². The molecule has 0 bridgehead atoms. The lowest BCUT2D eigenvalue weighted by molar-refractivity contribution is -0.189. The van der Waals surface area contributed by atoms with Crippen LogP contribution in [0, 0.1) is 0 Å². The van der Waals surface area contributed by atoms with Gasteiger partial charge in [0.05, 0.1) is 7.11 Å². The summed E-state index contributed by atoms with van der Waals surface area (Å²) in [6.45, 7) is 0.736. The minimum absolute atomic E-state index is 0.383. The molecule has 0 aliphatic rings. The molecule has 0 unspecified atom stereocenters. The topological polar surface area (TPSA) is 69.7 Å². The lowest BCUT2D eigenvalue weighted by Gasteiger charge is -2.20. The Bertz CT molecular complexity index is 685. The highest BCUT2D eigenvalue weighted by Crippen LogP contribution is 2.37. The van der Waals surface area contributed by atoms with E-state index >= 15 is 0 Å². The summed E-state index contributed by atoms with van der Waals surface area (Å²) in [4.78, 5) is 11.1. The minimum Gasteiger partial charge on any atom is -0.494 e. The van der Waals surface area contributed by atoms with Crippen LogP contribution < -0.4 is 9.47 Å². The first-order chi connectivity index (χ1) is 9.89. The molecule has 0 fully saturated rings. The molecule has 124 valence electrons. The van der Waals surface area contributed by atoms with Crippen LogP contribution in [0.2, 0.25) is 0 Å². The van der Waals surface area contributed by atoms with Crippen LogP contribution in [0.3, 0.4) is 0 Å². The second kappa shape index (κ2) is 6.33. The van der Waals surface area contributed by atoms with Crippen LogP contribution in [-0.4, -0.2) is 39.3 Å². The van der Waals surface area contributed by atoms with Crippen molar-refractivity contribution in [2.24, 2.45) is 0 Å². The Morgan fingerprint density at radius 3 is 2.23 bits per heavy atom. The van der Waals surface area contributed by atoms with Crippen molar-refractivity contribution in [3.05, 3.63) is 17.7 Å². The summed E-state index contributed by atoms with van der Waals surface area (Å²) in [5, 5.41) is -1.20. The number of carbonyl (C=O) groups is 1. The molecule has 0 spiro atoms. The standard InChI is InChI=1S/C12H12ClF3O5S/c1-6(12(14,15)16)21-7-4-5-8(22(3,18)19)10(20-2)9(7)11(13)17/h4-6H,1-3H3/t6-/m0/s1. The highest BCUT2D eigenvalue weighted by Gasteiger charge is 2.39. The van der Waals surface area contributed by atoms with Gasteiger partial charge in [-0.2, -0.15) is 13.2 Å². The number of sulfone groups is 1. The summed E-state index contributed by atoms with van der Waals surface area (Å²) in [5.41, 5.74) is -0.580. The van der Waals surface area contributed by atoms with Gasteiger partial charge in [-0.25, -0.2) is 8.42 Å². The van der Waals surface area contributed by atoms with Gasteiger partial charge in [0.1, 0.15) is 16.2 Å². The third kappa shape index (κ3) is 4.04. The van der Waals surface area contributed by atoms with Crippen molar-refractivity contribution in [2.45, 2.75) is 24.1 Å². The fourth-order valence-corrected chi connectivity index (χ4v) is 2.60. The maximum atomic E-state index is 12.5. The molecule has 10 heteroatoms. The van der Waals surface area contributed by atoms with Gasteiger partial charge in [-0.3, -0.25) is 4.79 Å². The lowest BCUT2D eigenvalue weighted by Crippen LogP contribution is -2.31. The van der Waals surface area contributed by atoms with Gasteiger partial charge in [-0.05, 0) is 30.7 Å². The van der Waals surface area contributed by atoms with Crippen LogP contribution in [0.5, 0.6) is 11.5 Å². The van der Waals surface area contributed by atoms with Crippen LogP contribution in [0.4, 0.5) is 13.2 Å². The maximum Gasteiger partial charge on any atom is 0.425 e. The first-order valence-electron chi connectivity index (χ1n) is 5.73. The molecule has 0 aliphatic heterocycles. The lowest BCUT2D eigenvalue weighted by atomic mass is 10.2. The van der Waals surface area contributed by atoms with Crippen LogP contribution in [0.15, 0.2) is 17.0 Å². The smallest absolute Gasteiger partial charge is 0.425 e. The molecule has 22 heavy (non-hydrogen) atoms. The minimum atomic E-state index is -4.67. The van der Waals surface area contributed by atoms with Gasteiger partial charge < -0.3 is 9.47 Å². The summed E-state index contributed by atoms with van der Waals surface area (Å²) < 4.78 is 70.4. The second-order valence-corrected chi connectivity index (χ2v) is 6.65. The van der Waals surface area contributed by atoms with Crippen LogP contribution in [0.25, 0.3) is 0 Å². The van der Waals surface area contributed by atoms with Crippen LogP contribution in [-0.2, 0) is 9.84 Å². The van der Waals surface area contributed by atoms with Crippen molar-refractivity contribution in [2.75, 3.05) is 13.4 Å². The zero-order valence-corrected chi connectivity index (χ0v) is 13.3. The number of benzene rings is 1. The number of carbonyl (C=O) groups excluding carboxylic acids is 1. The Morgan fingerprint density at radius 2 is 1.86 bits per heavy atom. The Morgan fingerprint density at radius 1 is 1.32 bits per heavy atom. The molecular weight excluding hydrogens is 349 g/mol. The molecule has 0 saturated heterocycles. The highest BCUT2D eigenvalue weighted by atomic mass is 35.5. The predicted octanol–water partition coefficient (Wildman–Crippen LogP) is 2.81. The molecule has 0 aromatic heterocycles. The average molecular weight is 361 g/mol. The number of alkyl halides is 3. The van der Waals surface area contributed by atoms with Gasteiger partial charge in [-0.15, -0.1) is 0 Å². The van der Waals surface area contributed by atoms with Crippen molar-refractivity contribution < 1.29 is 35.9 Å². The Hall–Kier alpha value is -1.48. The van der Waals surface area contributed by atoms with Crippen LogP contribution >= 0.6 is 11.6 Å². The fourth-order valence-electron chi connectivity index (χ4n) is 1.58. The number of ether oxygens (including phenoxy) is 2. The molecule has 0 amide bonds. The number of hydrogen-bond donors (Lipinski definition) is 0. The van der Waals surface area contributed by atoms with E-state index in [0.717, 1.165) is 32.4 Å². The number of methoxy groups -OCH3 is 1. The summed E-state index contributed by atoms with van der Waals surface area (Å²) >= 11 is 5.34. The molecule has 0 aliphatic carbocycles. The molecule has 1 atom stereocenters. The normalized spacial score (nSPS) is 13.6. The molecule has 0 heterocycles. The van der Waals surface area contributed by atoms with E-state index in [0.29, 0.717) is 0 Å². The molecule has 0 saturated carbocycles. The van der Waals surface area contributed by atoms with Crippen molar-refractivity contribution in [3.8, 4) is 11.5 Å². The molecule has 1 rings (SSSR count). The third-order valence-electron chi connectivity index (χ3n) is 2.65. The van der Waals surface area contributed by atoms with E-state index in [2.05, 4.69) is 4.74 Å². The maximum absolute atomic E-state index is 12.5. The summed E-state index contributed by atoms with van der Waals surface area (Å²) in [5.74, 6) is -0.983. The zero-order valence-electron chi connectivity index (χ0n) is 11.7. The van der Waals surface area contributed by atoms with Crippen LogP contribution in [0.1, 0.15) is 17.3 Å². The van der Waals surface area contributed by atoms with Crippen molar-refractivity contribution in [1.29, 1.82) is 0 Å². The van der Waals surface area contributed by atoms with Gasteiger partial charge in [-0.1, -0.05) is 0 Å². The van der Waals surface area contributed by atoms with E-state index in [1.165, 1.54) is 0 Å². The van der Waals surface area contributed by atoms with E-state index in [-0.39, 0.29) is 4.90 Å². The third-order valence-corrected chi connectivity index (χ3v) is 3.96. The summed E-state index contributed by atoms with van der Waals surface area (Å²) in [7, 11) is -2.73. The summed E-state index contributed by atoms with van der Waals surface area (Å²) in [6.07, 6.45) is -6.04. The van der Waals surface area contributed by atoms with E-state index in [1.807, 2.05) is 0 Å². The molecule has 1 aromatic rings. The average Bonchev–Trinajstić information content (AvgIpc) is 2.34. The van der Waals surface area contributed by atoms with E-state index in [4.69, 9.17) is 16.3 Å². The van der Waals surface area contributed by atoms with E-state index < -0.39 is 44.4 Å². The molecule has 0 radical (unpaired) electrons. The Kier molecular flexibility index (Phi) is 5.34. The monoisotopic (exact) mass is 360 g/mol. The zero-order chi connectivity index (χ0) is 17.3. The number of hydrogen-bond acceptors (Lipinski definition) is 5. The largest absolute Gasteiger partial charge is 0.494 e. The van der Waals surface area contributed by atoms with Gasteiger partial charge in [0, 0.05) is 6.26 Å². The van der Waals surface area contributed by atoms with Gasteiger partial charge >= 0.3 is 6.18 Å². The molecule has 5 nitrogen and oxygen atoms in total. The summed E-state index contributed by atoms with van der Waals surface area (Å²) in [6, 6.07) is 1.91. The predicted molar refractivity (Wildman–Crippen MR) is 72.4 cm³/mol. The van der Waals surface area contributed by atoms with Gasteiger partial charge in [0.2, 0.25) is 0 Å². The van der Waals surface area contributed by atoms with Gasteiger partial charge in [0.25, 0.3) is 5.24 Å². The quantitative estimate of drug-likeness (QED) is 0.755. The van der Waals surface area contributed by atoms with E-state index in [9.17, 15) is 26.4 Å². The SMILES string of the molecule is COc1c(S(C)(=O)=O)ccc(O[C@@H](C)C(F)(F)F)c1C(=O)Cl. The molecule has 1 aromatic carbocycles. The first kappa shape index (κ1) is 18.6. The second-order valence-electron chi connectivity index (χ2n) is 4.32. The van der Waals surface area contributed by atoms with Crippen molar-refractivity contribution >= 4 is 26.7 Å². The number of rotatable bonds is 5. The van der Waals surface area contributed by atoms with Crippen molar-refractivity contribution in [3.63, 3.8) is 0 Å². The Balaban J connectivity index is 3.52. The Labute approximate surface area is 129 Å². The molecular formula is C12H12ClF3O5S. The number of halogens is 4. The highest BCUT2D eigenvalue weighted by molar-refractivity contribution is 7.90. The van der Waals surface area contributed by atoms with E-state index in [1.54, 1.807) is 0 Å². The fraction of sp³-hybridized carbons (Fsp3) is 0.417.